The molecule has 4 heteroatoms. The number of thiol groups is 1. The maximum absolute atomic E-state index is 11.5. The predicted molar refractivity (Wildman–Crippen MR) is 44.5 cm³/mol. The van der Waals surface area contributed by atoms with E-state index in [1.165, 1.54) is 0 Å². The van der Waals surface area contributed by atoms with Crippen LogP contribution < -0.4 is 0 Å². The average molecular weight is 184 g/mol. The van der Waals surface area contributed by atoms with Crippen molar-refractivity contribution in [2.45, 2.75) is 25.7 Å². The van der Waals surface area contributed by atoms with Crippen molar-refractivity contribution in [3.05, 3.63) is 0 Å². The van der Waals surface area contributed by atoms with E-state index in [9.17, 15) is 8.78 Å². The molecule has 0 aliphatic heterocycles. The van der Waals surface area contributed by atoms with Crippen LogP contribution in [0.4, 0.5) is 8.78 Å². The van der Waals surface area contributed by atoms with Crippen LogP contribution in [-0.2, 0) is 4.74 Å². The first kappa shape index (κ1) is 11.2. The molecule has 0 aliphatic carbocycles. The van der Waals surface area contributed by atoms with Gasteiger partial charge in [0, 0.05) is 6.61 Å². The fraction of sp³-hybridized carbons (Fsp3) is 1.00. The van der Waals surface area contributed by atoms with E-state index < -0.39 is 13.0 Å². The van der Waals surface area contributed by atoms with Crippen molar-refractivity contribution in [2.75, 3.05) is 19.0 Å². The topological polar surface area (TPSA) is 9.23 Å². The molecule has 0 aromatic rings. The lowest BCUT2D eigenvalue weighted by Gasteiger charge is -2.01. The number of halogens is 2. The molecule has 0 fully saturated rings. The first-order chi connectivity index (χ1) is 5.27. The molecule has 1 nitrogen and oxygen atoms in total. The average Bonchev–Trinajstić information content (AvgIpc) is 1.96. The highest BCUT2D eigenvalue weighted by Crippen LogP contribution is 1.98. The summed E-state index contributed by atoms with van der Waals surface area (Å²) >= 11 is 4.02. The molecule has 0 saturated heterocycles. The third-order valence-corrected chi connectivity index (χ3v) is 1.51. The second kappa shape index (κ2) is 8.27. The molecule has 0 aromatic carbocycles. The van der Waals surface area contributed by atoms with E-state index in [-0.39, 0.29) is 0 Å². The van der Waals surface area contributed by atoms with Gasteiger partial charge in [0.15, 0.2) is 0 Å². The van der Waals surface area contributed by atoms with Crippen LogP contribution in [0.5, 0.6) is 0 Å². The molecule has 0 N–H and O–H groups in total. The van der Waals surface area contributed by atoms with Crippen molar-refractivity contribution in [3.63, 3.8) is 0 Å². The number of rotatable bonds is 7. The lowest BCUT2D eigenvalue weighted by atomic mass is 10.3. The Hall–Kier alpha value is 0.170. The quantitative estimate of drug-likeness (QED) is 0.472. The van der Waals surface area contributed by atoms with Crippen LogP contribution in [0.2, 0.25) is 0 Å². The van der Waals surface area contributed by atoms with Gasteiger partial charge in [0.05, 0.1) is 0 Å². The van der Waals surface area contributed by atoms with Crippen molar-refractivity contribution in [2.24, 2.45) is 0 Å². The Morgan fingerprint density at radius 1 is 1.18 bits per heavy atom. The zero-order valence-corrected chi connectivity index (χ0v) is 7.33. The van der Waals surface area contributed by atoms with E-state index in [2.05, 4.69) is 17.4 Å². The molecule has 0 heterocycles. The first-order valence-electron chi connectivity index (χ1n) is 3.74. The highest BCUT2D eigenvalue weighted by Gasteiger charge is 2.00. The van der Waals surface area contributed by atoms with E-state index in [1.807, 2.05) is 0 Å². The highest BCUT2D eigenvalue weighted by atomic mass is 32.1. The number of hydrogen-bond donors (Lipinski definition) is 1. The van der Waals surface area contributed by atoms with Crippen LogP contribution in [0.15, 0.2) is 0 Å². The molecule has 0 saturated carbocycles. The standard InChI is InChI=1S/C7H14F2OS/c8-7(9)6-10-4-2-1-3-5-11/h7,11H,1-6H2. The minimum Gasteiger partial charge on any atom is -0.376 e. The molecule has 0 atom stereocenters. The van der Waals surface area contributed by atoms with Gasteiger partial charge in [-0.1, -0.05) is 6.42 Å². The van der Waals surface area contributed by atoms with Crippen molar-refractivity contribution < 1.29 is 13.5 Å². The molecular weight excluding hydrogens is 170 g/mol. The zero-order chi connectivity index (χ0) is 8.53. The smallest absolute Gasteiger partial charge is 0.261 e. The molecule has 0 spiro atoms. The van der Waals surface area contributed by atoms with Crippen LogP contribution in [0.3, 0.4) is 0 Å². The molecule has 0 aliphatic rings. The van der Waals surface area contributed by atoms with Gasteiger partial charge in [0.25, 0.3) is 6.43 Å². The van der Waals surface area contributed by atoms with Gasteiger partial charge >= 0.3 is 0 Å². The largest absolute Gasteiger partial charge is 0.376 e. The number of ether oxygens (including phenoxy) is 1. The maximum atomic E-state index is 11.5. The lowest BCUT2D eigenvalue weighted by molar-refractivity contribution is 0.0163. The zero-order valence-electron chi connectivity index (χ0n) is 6.43. The van der Waals surface area contributed by atoms with E-state index in [0.29, 0.717) is 6.61 Å². The van der Waals surface area contributed by atoms with Crippen molar-refractivity contribution in [1.29, 1.82) is 0 Å². The Labute approximate surface area is 71.5 Å². The summed E-state index contributed by atoms with van der Waals surface area (Å²) in [6, 6.07) is 0. The summed E-state index contributed by atoms with van der Waals surface area (Å²) in [7, 11) is 0. The molecular formula is C7H14F2OS. The molecule has 0 amide bonds. The number of unbranched alkanes of at least 4 members (excludes halogenated alkanes) is 2. The second-order valence-corrected chi connectivity index (χ2v) is 2.70. The number of alkyl halides is 2. The van der Waals surface area contributed by atoms with Crippen molar-refractivity contribution in [3.8, 4) is 0 Å². The predicted octanol–water partition coefficient (Wildman–Crippen LogP) is 2.37. The maximum Gasteiger partial charge on any atom is 0.261 e. The highest BCUT2D eigenvalue weighted by molar-refractivity contribution is 7.80. The monoisotopic (exact) mass is 184 g/mol. The van der Waals surface area contributed by atoms with Gasteiger partial charge in [0.1, 0.15) is 6.61 Å². The van der Waals surface area contributed by atoms with Crippen LogP contribution in [0, 0.1) is 0 Å². The molecule has 0 unspecified atom stereocenters. The van der Waals surface area contributed by atoms with Crippen LogP contribution >= 0.6 is 12.6 Å². The summed E-state index contributed by atoms with van der Waals surface area (Å²) in [5.74, 6) is 0.856. The van der Waals surface area contributed by atoms with E-state index in [4.69, 9.17) is 0 Å². The lowest BCUT2D eigenvalue weighted by Crippen LogP contribution is -2.05. The fourth-order valence-electron chi connectivity index (χ4n) is 0.665. The van der Waals surface area contributed by atoms with Crippen LogP contribution in [0.1, 0.15) is 19.3 Å². The van der Waals surface area contributed by atoms with Gasteiger partial charge in [-0.2, -0.15) is 12.6 Å². The first-order valence-corrected chi connectivity index (χ1v) is 4.37. The molecule has 0 aromatic heterocycles. The summed E-state index contributed by atoms with van der Waals surface area (Å²) in [5.41, 5.74) is 0. The van der Waals surface area contributed by atoms with Gasteiger partial charge in [-0.15, -0.1) is 0 Å². The minimum absolute atomic E-state index is 0.430. The van der Waals surface area contributed by atoms with Gasteiger partial charge in [-0.25, -0.2) is 8.78 Å². The third kappa shape index (κ3) is 10.2. The van der Waals surface area contributed by atoms with Crippen LogP contribution in [0.25, 0.3) is 0 Å². The Balaban J connectivity index is 2.80. The third-order valence-electron chi connectivity index (χ3n) is 1.19. The van der Waals surface area contributed by atoms with E-state index in [0.717, 1.165) is 25.0 Å². The molecule has 0 radical (unpaired) electrons. The summed E-state index contributed by atoms with van der Waals surface area (Å²) in [6.45, 7) is 0.0129. The second-order valence-electron chi connectivity index (χ2n) is 2.25. The Bertz CT molecular complexity index is 80.8. The van der Waals surface area contributed by atoms with Gasteiger partial charge in [0.2, 0.25) is 0 Å². The van der Waals surface area contributed by atoms with Gasteiger partial charge in [-0.3, -0.25) is 0 Å². The van der Waals surface area contributed by atoms with E-state index in [1.54, 1.807) is 0 Å². The Morgan fingerprint density at radius 2 is 1.91 bits per heavy atom. The minimum atomic E-state index is -2.33. The molecule has 0 rings (SSSR count). The van der Waals surface area contributed by atoms with Crippen molar-refractivity contribution >= 4 is 12.6 Å². The number of hydrogen-bond acceptors (Lipinski definition) is 2. The SMILES string of the molecule is FC(F)COCCCCCS. The summed E-state index contributed by atoms with van der Waals surface area (Å²) in [4.78, 5) is 0. The Morgan fingerprint density at radius 3 is 2.45 bits per heavy atom. The molecule has 68 valence electrons. The summed E-state index contributed by atoms with van der Waals surface area (Å²) < 4.78 is 27.6. The van der Waals surface area contributed by atoms with E-state index >= 15 is 0 Å². The van der Waals surface area contributed by atoms with Gasteiger partial charge in [-0.05, 0) is 18.6 Å². The Kier molecular flexibility index (Phi) is 8.40. The summed E-state index contributed by atoms with van der Waals surface area (Å²) in [5, 5.41) is 0. The van der Waals surface area contributed by atoms with Crippen molar-refractivity contribution in [1.82, 2.24) is 0 Å². The molecule has 0 bridgehead atoms. The summed E-state index contributed by atoms with van der Waals surface area (Å²) in [6.07, 6.45) is 0.557. The molecule has 11 heavy (non-hydrogen) atoms. The van der Waals surface area contributed by atoms with Crippen LogP contribution in [-0.4, -0.2) is 25.4 Å². The normalized spacial score (nSPS) is 10.9. The fourth-order valence-corrected chi connectivity index (χ4v) is 0.889. The van der Waals surface area contributed by atoms with Gasteiger partial charge < -0.3 is 4.74 Å².